The lowest BCUT2D eigenvalue weighted by Gasteiger charge is -2.07. The van der Waals surface area contributed by atoms with Crippen LogP contribution in [0.25, 0.3) is 22.3 Å². The average molecular weight is 294 g/mol. The first-order valence-corrected chi connectivity index (χ1v) is 6.85. The molecule has 0 aliphatic carbocycles. The van der Waals surface area contributed by atoms with E-state index in [4.69, 9.17) is 4.42 Å². The van der Waals surface area contributed by atoms with Gasteiger partial charge in [-0.15, -0.1) is 0 Å². The lowest BCUT2D eigenvalue weighted by molar-refractivity contribution is 0.101. The zero-order chi connectivity index (χ0) is 15.9. The molecule has 0 aliphatic rings. The summed E-state index contributed by atoms with van der Waals surface area (Å²) >= 11 is 0. The van der Waals surface area contributed by atoms with Crippen molar-refractivity contribution in [3.8, 4) is 17.1 Å². The molecule has 0 amide bonds. The van der Waals surface area contributed by atoms with Crippen LogP contribution in [0.1, 0.15) is 22.8 Å². The Balaban J connectivity index is 2.35. The molecule has 1 aromatic heterocycles. The second kappa shape index (κ2) is 5.15. The summed E-state index contributed by atoms with van der Waals surface area (Å²) in [4.78, 5) is 24.0. The Morgan fingerprint density at radius 2 is 1.77 bits per heavy atom. The number of rotatable bonds is 2. The molecule has 1 N–H and O–H groups in total. The van der Waals surface area contributed by atoms with Crippen LogP contribution in [0.4, 0.5) is 0 Å². The fourth-order valence-electron chi connectivity index (χ4n) is 2.41. The number of ketones is 1. The van der Waals surface area contributed by atoms with Crippen LogP contribution in [0.5, 0.6) is 5.75 Å². The van der Waals surface area contributed by atoms with Crippen LogP contribution in [0, 0.1) is 6.92 Å². The first kappa shape index (κ1) is 14.1. The summed E-state index contributed by atoms with van der Waals surface area (Å²) in [5.41, 5.74) is 1.73. The highest BCUT2D eigenvalue weighted by molar-refractivity contribution is 6.07. The molecule has 0 saturated heterocycles. The zero-order valence-electron chi connectivity index (χ0n) is 12.2. The van der Waals surface area contributed by atoms with Gasteiger partial charge in [-0.1, -0.05) is 29.8 Å². The van der Waals surface area contributed by atoms with Gasteiger partial charge in [-0.05, 0) is 26.0 Å². The molecule has 0 fully saturated rings. The Bertz CT molecular complexity index is 934. The third-order valence-electron chi connectivity index (χ3n) is 3.56. The van der Waals surface area contributed by atoms with Gasteiger partial charge < -0.3 is 9.52 Å². The van der Waals surface area contributed by atoms with Gasteiger partial charge in [0.2, 0.25) is 0 Å². The molecule has 2 aromatic carbocycles. The summed E-state index contributed by atoms with van der Waals surface area (Å²) in [7, 11) is 0. The Morgan fingerprint density at radius 1 is 1.09 bits per heavy atom. The number of phenolic OH excluding ortho intramolecular Hbond substituents is 1. The second-order valence-electron chi connectivity index (χ2n) is 5.23. The first-order valence-electron chi connectivity index (χ1n) is 6.85. The SMILES string of the molecule is CC(=O)c1c(O)ccc2c(=O)cc(-c3ccc(C)cc3)oc12. The molecule has 3 aromatic rings. The number of aryl methyl sites for hydroxylation is 1. The van der Waals surface area contributed by atoms with E-state index >= 15 is 0 Å². The molecule has 1 heterocycles. The smallest absolute Gasteiger partial charge is 0.193 e. The van der Waals surface area contributed by atoms with Crippen molar-refractivity contribution < 1.29 is 14.3 Å². The van der Waals surface area contributed by atoms with Crippen molar-refractivity contribution in [3.63, 3.8) is 0 Å². The molecule has 4 heteroatoms. The average Bonchev–Trinajstić information content (AvgIpc) is 2.47. The molecule has 0 bridgehead atoms. The minimum atomic E-state index is -0.354. The Hall–Kier alpha value is -2.88. The van der Waals surface area contributed by atoms with E-state index < -0.39 is 0 Å². The molecule has 0 unspecified atom stereocenters. The number of hydrogen-bond acceptors (Lipinski definition) is 4. The van der Waals surface area contributed by atoms with Crippen molar-refractivity contribution in [2.45, 2.75) is 13.8 Å². The number of fused-ring (bicyclic) bond motifs is 1. The maximum Gasteiger partial charge on any atom is 0.193 e. The molecule has 0 atom stereocenters. The molecular weight excluding hydrogens is 280 g/mol. The predicted octanol–water partition coefficient (Wildman–Crippen LogP) is 3.68. The number of Topliss-reactive ketones (excluding diaryl/α,β-unsaturated/α-hetero) is 1. The van der Waals surface area contributed by atoms with Gasteiger partial charge in [0.25, 0.3) is 0 Å². The fourth-order valence-corrected chi connectivity index (χ4v) is 2.41. The summed E-state index contributed by atoms with van der Waals surface area (Å²) in [5, 5.41) is 10.2. The second-order valence-corrected chi connectivity index (χ2v) is 5.23. The molecule has 4 nitrogen and oxygen atoms in total. The number of benzene rings is 2. The van der Waals surface area contributed by atoms with Crippen LogP contribution < -0.4 is 5.43 Å². The van der Waals surface area contributed by atoms with Crippen molar-refractivity contribution >= 4 is 16.8 Å². The number of phenols is 1. The van der Waals surface area contributed by atoms with Crippen LogP contribution in [0.15, 0.2) is 51.7 Å². The number of hydrogen-bond donors (Lipinski definition) is 1. The maximum absolute atomic E-state index is 12.3. The topological polar surface area (TPSA) is 67.5 Å². The van der Waals surface area contributed by atoms with Gasteiger partial charge >= 0.3 is 0 Å². The highest BCUT2D eigenvalue weighted by atomic mass is 16.3. The summed E-state index contributed by atoms with van der Waals surface area (Å²) in [6.07, 6.45) is 0. The summed E-state index contributed by atoms with van der Waals surface area (Å²) in [5.74, 6) is -0.179. The maximum atomic E-state index is 12.3. The van der Waals surface area contributed by atoms with E-state index in [1.54, 1.807) is 0 Å². The van der Waals surface area contributed by atoms with Crippen molar-refractivity contribution in [1.82, 2.24) is 0 Å². The van der Waals surface area contributed by atoms with Crippen LogP contribution in [-0.2, 0) is 0 Å². The van der Waals surface area contributed by atoms with E-state index in [0.717, 1.165) is 11.1 Å². The zero-order valence-corrected chi connectivity index (χ0v) is 12.2. The summed E-state index contributed by atoms with van der Waals surface area (Å²) < 4.78 is 5.76. The van der Waals surface area contributed by atoms with Crippen LogP contribution in [-0.4, -0.2) is 10.9 Å². The first-order chi connectivity index (χ1) is 10.5. The molecule has 0 spiro atoms. The van der Waals surface area contributed by atoms with Crippen LogP contribution >= 0.6 is 0 Å². The van der Waals surface area contributed by atoms with Crippen LogP contribution in [0.2, 0.25) is 0 Å². The van der Waals surface area contributed by atoms with Gasteiger partial charge in [0.05, 0.1) is 5.39 Å². The van der Waals surface area contributed by atoms with Crippen molar-refractivity contribution in [2.75, 3.05) is 0 Å². The normalized spacial score (nSPS) is 10.8. The Morgan fingerprint density at radius 3 is 2.41 bits per heavy atom. The van der Waals surface area contributed by atoms with E-state index in [1.165, 1.54) is 25.1 Å². The van der Waals surface area contributed by atoms with E-state index in [0.29, 0.717) is 5.76 Å². The van der Waals surface area contributed by atoms with Crippen LogP contribution in [0.3, 0.4) is 0 Å². The molecule has 0 aliphatic heterocycles. The van der Waals surface area contributed by atoms with Crippen molar-refractivity contribution in [2.24, 2.45) is 0 Å². The number of carbonyl (C=O) groups excluding carboxylic acids is 1. The molecular formula is C18H14O4. The van der Waals surface area contributed by atoms with Crippen molar-refractivity contribution in [1.29, 1.82) is 0 Å². The molecule has 0 radical (unpaired) electrons. The lowest BCUT2D eigenvalue weighted by atomic mass is 10.0. The third-order valence-corrected chi connectivity index (χ3v) is 3.56. The van der Waals surface area contributed by atoms with E-state index in [2.05, 4.69) is 0 Å². The predicted molar refractivity (Wildman–Crippen MR) is 84.3 cm³/mol. The van der Waals surface area contributed by atoms with Gasteiger partial charge in [0.1, 0.15) is 17.1 Å². The van der Waals surface area contributed by atoms with Gasteiger partial charge in [-0.3, -0.25) is 9.59 Å². The fraction of sp³-hybridized carbons (Fsp3) is 0.111. The largest absolute Gasteiger partial charge is 0.507 e. The van der Waals surface area contributed by atoms with Gasteiger partial charge in [0.15, 0.2) is 16.8 Å². The molecule has 22 heavy (non-hydrogen) atoms. The molecule has 0 saturated carbocycles. The molecule has 3 rings (SSSR count). The summed E-state index contributed by atoms with van der Waals surface area (Å²) in [6, 6.07) is 11.7. The lowest BCUT2D eigenvalue weighted by Crippen LogP contribution is -2.04. The van der Waals surface area contributed by atoms with Gasteiger partial charge in [0, 0.05) is 11.6 Å². The monoisotopic (exact) mass is 294 g/mol. The minimum absolute atomic E-state index is 0.0311. The van der Waals surface area contributed by atoms with Crippen molar-refractivity contribution in [3.05, 3.63) is 63.8 Å². The van der Waals surface area contributed by atoms with E-state index in [9.17, 15) is 14.7 Å². The van der Waals surface area contributed by atoms with E-state index in [-0.39, 0.29) is 33.5 Å². The summed E-state index contributed by atoms with van der Waals surface area (Å²) in [6.45, 7) is 3.29. The Kier molecular flexibility index (Phi) is 3.29. The highest BCUT2D eigenvalue weighted by Crippen LogP contribution is 2.29. The third kappa shape index (κ3) is 2.29. The minimum Gasteiger partial charge on any atom is -0.507 e. The Labute approximate surface area is 126 Å². The number of carbonyl (C=O) groups is 1. The van der Waals surface area contributed by atoms with Gasteiger partial charge in [-0.2, -0.15) is 0 Å². The molecule has 110 valence electrons. The van der Waals surface area contributed by atoms with E-state index in [1.807, 2.05) is 31.2 Å². The standard InChI is InChI=1S/C18H14O4/c1-10-3-5-12(6-4-10)16-9-15(21)13-7-8-14(20)17(11(2)19)18(13)22-16/h3-9,20H,1-2H3. The van der Waals surface area contributed by atoms with Gasteiger partial charge in [-0.25, -0.2) is 0 Å². The highest BCUT2D eigenvalue weighted by Gasteiger charge is 2.17. The number of aromatic hydroxyl groups is 1. The quantitative estimate of drug-likeness (QED) is 0.732.